The number of carbonyl (C=O) groups is 1. The number of nitriles is 1. The molecule has 0 aliphatic carbocycles. The van der Waals surface area contributed by atoms with E-state index in [4.69, 9.17) is 5.26 Å². The summed E-state index contributed by atoms with van der Waals surface area (Å²) < 4.78 is 0. The van der Waals surface area contributed by atoms with Crippen molar-refractivity contribution in [2.24, 2.45) is 0 Å². The van der Waals surface area contributed by atoms with Gasteiger partial charge in [-0.3, -0.25) is 10.1 Å². The third kappa shape index (κ3) is 2.83. The third-order valence-electron chi connectivity index (χ3n) is 2.20. The summed E-state index contributed by atoms with van der Waals surface area (Å²) in [5.41, 5.74) is 1.13. The average molecular weight is 275 g/mol. The van der Waals surface area contributed by atoms with Gasteiger partial charge in [0.05, 0.1) is 0 Å². The first-order valence-electron chi connectivity index (χ1n) is 5.07. The molecular formula is C12H9N3OS2. The van der Waals surface area contributed by atoms with Crippen molar-refractivity contribution in [1.29, 1.82) is 5.26 Å². The second kappa shape index (κ2) is 5.58. The molecule has 18 heavy (non-hydrogen) atoms. The molecule has 90 valence electrons. The van der Waals surface area contributed by atoms with Crippen LogP contribution in [0, 0.1) is 18.3 Å². The van der Waals surface area contributed by atoms with Gasteiger partial charge in [0.2, 0.25) is 0 Å². The van der Waals surface area contributed by atoms with Gasteiger partial charge in [-0.25, -0.2) is 4.98 Å². The first-order valence-corrected chi connectivity index (χ1v) is 6.83. The third-order valence-corrected chi connectivity index (χ3v) is 3.85. The predicted molar refractivity (Wildman–Crippen MR) is 73.4 cm³/mol. The van der Waals surface area contributed by atoms with Crippen LogP contribution >= 0.6 is 22.7 Å². The second-order valence-corrected chi connectivity index (χ2v) is 5.27. The lowest BCUT2D eigenvalue weighted by molar-refractivity contribution is -0.112. The summed E-state index contributed by atoms with van der Waals surface area (Å²) in [5, 5.41) is 15.8. The predicted octanol–water partition coefficient (Wildman–Crippen LogP) is 3.06. The number of rotatable bonds is 3. The van der Waals surface area contributed by atoms with Crippen molar-refractivity contribution in [1.82, 2.24) is 4.98 Å². The molecule has 2 rings (SSSR count). The van der Waals surface area contributed by atoms with Crippen LogP contribution in [0.25, 0.3) is 6.08 Å². The van der Waals surface area contributed by atoms with Crippen LogP contribution in [0.3, 0.4) is 0 Å². The zero-order chi connectivity index (χ0) is 13.0. The molecule has 1 amide bonds. The summed E-state index contributed by atoms with van der Waals surface area (Å²) in [5.74, 6) is -0.430. The lowest BCUT2D eigenvalue weighted by atomic mass is 10.2. The number of anilines is 1. The van der Waals surface area contributed by atoms with Crippen molar-refractivity contribution in [3.63, 3.8) is 0 Å². The van der Waals surface area contributed by atoms with Gasteiger partial charge in [-0.15, -0.1) is 22.7 Å². The Kier molecular flexibility index (Phi) is 3.87. The minimum Gasteiger partial charge on any atom is -0.297 e. The Morgan fingerprint density at radius 2 is 2.33 bits per heavy atom. The van der Waals surface area contributed by atoms with E-state index in [9.17, 15) is 4.79 Å². The first-order chi connectivity index (χ1) is 8.70. The molecule has 4 nitrogen and oxygen atoms in total. The van der Waals surface area contributed by atoms with Crippen LogP contribution in [-0.4, -0.2) is 10.9 Å². The largest absolute Gasteiger partial charge is 0.297 e. The molecule has 0 fully saturated rings. The number of hydrogen-bond acceptors (Lipinski definition) is 5. The fourth-order valence-corrected chi connectivity index (χ4v) is 2.64. The molecule has 0 radical (unpaired) electrons. The molecule has 6 heteroatoms. The molecule has 0 atom stereocenters. The normalized spacial score (nSPS) is 11.0. The quantitative estimate of drug-likeness (QED) is 0.691. The Morgan fingerprint density at radius 1 is 1.50 bits per heavy atom. The molecule has 2 aromatic rings. The van der Waals surface area contributed by atoms with Crippen molar-refractivity contribution in [3.8, 4) is 6.07 Å². The monoisotopic (exact) mass is 275 g/mol. The topological polar surface area (TPSA) is 65.8 Å². The Hall–Kier alpha value is -1.97. The summed E-state index contributed by atoms with van der Waals surface area (Å²) in [4.78, 5) is 16.7. The highest BCUT2D eigenvalue weighted by atomic mass is 32.1. The number of amides is 1. The highest BCUT2D eigenvalue weighted by molar-refractivity contribution is 7.13. The zero-order valence-electron chi connectivity index (χ0n) is 9.51. The number of thiophene rings is 1. The standard InChI is InChI=1S/C12H9N3OS2/c1-8-2-4-17-10(8)6-9(7-13)11(16)15-12-14-3-5-18-12/h2-6H,1H3,(H,14,15,16)/b9-6-. The van der Waals surface area contributed by atoms with E-state index in [0.717, 1.165) is 10.4 Å². The van der Waals surface area contributed by atoms with Gasteiger partial charge in [-0.2, -0.15) is 5.26 Å². The van der Waals surface area contributed by atoms with Crippen LogP contribution in [0.4, 0.5) is 5.13 Å². The fourth-order valence-electron chi connectivity index (χ4n) is 1.26. The summed E-state index contributed by atoms with van der Waals surface area (Å²) in [6, 6.07) is 3.86. The van der Waals surface area contributed by atoms with Crippen LogP contribution < -0.4 is 5.32 Å². The Bertz CT molecular complexity index is 620. The van der Waals surface area contributed by atoms with E-state index in [-0.39, 0.29) is 5.57 Å². The van der Waals surface area contributed by atoms with E-state index in [2.05, 4.69) is 10.3 Å². The van der Waals surface area contributed by atoms with Crippen molar-refractivity contribution in [2.75, 3.05) is 5.32 Å². The second-order valence-electron chi connectivity index (χ2n) is 3.43. The van der Waals surface area contributed by atoms with Crippen LogP contribution in [0.1, 0.15) is 10.4 Å². The average Bonchev–Trinajstić information content (AvgIpc) is 2.98. The van der Waals surface area contributed by atoms with Crippen molar-refractivity contribution in [2.45, 2.75) is 6.92 Å². The SMILES string of the molecule is Cc1ccsc1/C=C(/C#N)C(=O)Nc1nccs1. The Labute approximate surface area is 112 Å². The maximum atomic E-state index is 11.8. The fraction of sp³-hybridized carbons (Fsp3) is 0.0833. The van der Waals surface area contributed by atoms with Crippen LogP contribution in [0.15, 0.2) is 28.6 Å². The number of nitrogens with one attached hydrogen (secondary N) is 1. The van der Waals surface area contributed by atoms with E-state index in [1.807, 2.05) is 24.4 Å². The van der Waals surface area contributed by atoms with Gasteiger partial charge in [0.25, 0.3) is 5.91 Å². The number of nitrogens with zero attached hydrogens (tertiary/aromatic N) is 2. The highest BCUT2D eigenvalue weighted by Gasteiger charge is 2.11. The molecule has 0 aliphatic rings. The van der Waals surface area contributed by atoms with Crippen LogP contribution in [0.2, 0.25) is 0 Å². The van der Waals surface area contributed by atoms with E-state index in [1.165, 1.54) is 22.7 Å². The minimum absolute atomic E-state index is 0.0794. The lowest BCUT2D eigenvalue weighted by Gasteiger charge is -1.99. The molecule has 0 saturated carbocycles. The molecule has 0 spiro atoms. The molecule has 0 bridgehead atoms. The number of hydrogen-bond donors (Lipinski definition) is 1. The zero-order valence-corrected chi connectivity index (χ0v) is 11.1. The van der Waals surface area contributed by atoms with Crippen molar-refractivity contribution < 1.29 is 4.79 Å². The first kappa shape index (κ1) is 12.5. The Morgan fingerprint density at radius 3 is 2.89 bits per heavy atom. The molecule has 0 aromatic carbocycles. The van der Waals surface area contributed by atoms with Gasteiger partial charge in [-0.05, 0) is 30.0 Å². The molecular weight excluding hydrogens is 266 g/mol. The molecule has 0 unspecified atom stereocenters. The van der Waals surface area contributed by atoms with E-state index in [0.29, 0.717) is 5.13 Å². The lowest BCUT2D eigenvalue weighted by Crippen LogP contribution is -2.13. The summed E-state index contributed by atoms with van der Waals surface area (Å²) in [7, 11) is 0. The van der Waals surface area contributed by atoms with Gasteiger partial charge < -0.3 is 0 Å². The Balaban J connectivity index is 2.19. The number of carbonyl (C=O) groups excluding carboxylic acids is 1. The van der Waals surface area contributed by atoms with Gasteiger partial charge >= 0.3 is 0 Å². The van der Waals surface area contributed by atoms with E-state index >= 15 is 0 Å². The maximum absolute atomic E-state index is 11.8. The van der Waals surface area contributed by atoms with Crippen LogP contribution in [0.5, 0.6) is 0 Å². The van der Waals surface area contributed by atoms with Gasteiger partial charge in [0.1, 0.15) is 11.6 Å². The van der Waals surface area contributed by atoms with Gasteiger partial charge in [0.15, 0.2) is 5.13 Å². The molecule has 2 heterocycles. The molecule has 1 N–H and O–H groups in total. The summed E-state index contributed by atoms with van der Waals surface area (Å²) in [6.45, 7) is 1.94. The number of thiazole rings is 1. The summed E-state index contributed by atoms with van der Waals surface area (Å²) >= 11 is 2.81. The summed E-state index contributed by atoms with van der Waals surface area (Å²) in [6.07, 6.45) is 3.20. The molecule has 0 saturated heterocycles. The van der Waals surface area contributed by atoms with Crippen molar-refractivity contribution >= 4 is 39.8 Å². The number of aromatic nitrogens is 1. The molecule has 2 aromatic heterocycles. The maximum Gasteiger partial charge on any atom is 0.268 e. The molecule has 0 aliphatic heterocycles. The van der Waals surface area contributed by atoms with Crippen LogP contribution in [-0.2, 0) is 4.79 Å². The number of aryl methyl sites for hydroxylation is 1. The van der Waals surface area contributed by atoms with E-state index < -0.39 is 5.91 Å². The minimum atomic E-state index is -0.430. The van der Waals surface area contributed by atoms with Gasteiger partial charge in [-0.1, -0.05) is 0 Å². The van der Waals surface area contributed by atoms with Crippen molar-refractivity contribution in [3.05, 3.63) is 39.0 Å². The highest BCUT2D eigenvalue weighted by Crippen LogP contribution is 2.20. The van der Waals surface area contributed by atoms with Gasteiger partial charge in [0, 0.05) is 16.5 Å². The van der Waals surface area contributed by atoms with E-state index in [1.54, 1.807) is 17.7 Å². The smallest absolute Gasteiger partial charge is 0.268 e.